The quantitative estimate of drug-likeness (QED) is 0.249. The topological polar surface area (TPSA) is 58.6 Å². The van der Waals surface area contributed by atoms with Crippen molar-refractivity contribution >= 4 is 35.0 Å². The number of amides is 2. The Kier molecular flexibility index (Phi) is 11.3. The molecule has 5 nitrogen and oxygen atoms in total. The highest BCUT2D eigenvalue weighted by Gasteiger charge is 2.30. The van der Waals surface area contributed by atoms with Gasteiger partial charge in [-0.2, -0.15) is 0 Å². The van der Waals surface area contributed by atoms with Gasteiger partial charge >= 0.3 is 0 Å². The molecule has 2 amide bonds. The van der Waals surface area contributed by atoms with E-state index in [0.717, 1.165) is 16.9 Å². The summed E-state index contributed by atoms with van der Waals surface area (Å²) in [6.07, 6.45) is 1.15. The molecule has 0 aliphatic heterocycles. The molecule has 0 saturated carbocycles. The van der Waals surface area contributed by atoms with Crippen LogP contribution in [0, 0.1) is 5.92 Å². The first kappa shape index (κ1) is 28.5. The molecule has 1 atom stereocenters. The maximum absolute atomic E-state index is 13.6. The molecule has 37 heavy (non-hydrogen) atoms. The van der Waals surface area contributed by atoms with E-state index in [1.807, 2.05) is 74.5 Å². The van der Waals surface area contributed by atoms with Crippen molar-refractivity contribution in [3.8, 4) is 5.75 Å². The van der Waals surface area contributed by atoms with Crippen molar-refractivity contribution < 1.29 is 14.3 Å². The van der Waals surface area contributed by atoms with E-state index < -0.39 is 6.04 Å². The number of benzene rings is 3. The Labute approximate surface area is 229 Å². The molecule has 0 unspecified atom stereocenters. The van der Waals surface area contributed by atoms with Crippen molar-refractivity contribution in [1.29, 1.82) is 0 Å². The largest absolute Gasteiger partial charge is 0.494 e. The minimum atomic E-state index is -0.699. The second-order valence-electron chi connectivity index (χ2n) is 9.37. The van der Waals surface area contributed by atoms with E-state index in [-0.39, 0.29) is 30.7 Å². The molecule has 0 bridgehead atoms. The summed E-state index contributed by atoms with van der Waals surface area (Å²) in [6, 6.07) is 23.7. The number of rotatable bonds is 13. The van der Waals surface area contributed by atoms with Gasteiger partial charge in [-0.25, -0.2) is 0 Å². The summed E-state index contributed by atoms with van der Waals surface area (Å²) in [6.45, 7) is 5.19. The van der Waals surface area contributed by atoms with Crippen molar-refractivity contribution in [1.82, 2.24) is 10.2 Å². The predicted molar refractivity (Wildman–Crippen MR) is 150 cm³/mol. The molecule has 3 rings (SSSR count). The van der Waals surface area contributed by atoms with Crippen LogP contribution in [-0.2, 0) is 22.6 Å². The summed E-state index contributed by atoms with van der Waals surface area (Å²) in [5.74, 6) is 0.723. The lowest BCUT2D eigenvalue weighted by atomic mass is 10.0. The summed E-state index contributed by atoms with van der Waals surface area (Å²) in [4.78, 5) is 28.7. The molecule has 0 spiro atoms. The van der Waals surface area contributed by atoms with E-state index >= 15 is 0 Å². The van der Waals surface area contributed by atoms with Crippen LogP contribution in [0.3, 0.4) is 0 Å². The highest BCUT2D eigenvalue weighted by Crippen LogP contribution is 2.24. The maximum Gasteiger partial charge on any atom is 0.243 e. The second kappa shape index (κ2) is 14.7. The van der Waals surface area contributed by atoms with Crippen LogP contribution < -0.4 is 10.1 Å². The van der Waals surface area contributed by atoms with Gasteiger partial charge in [-0.15, -0.1) is 0 Å². The predicted octanol–water partition coefficient (Wildman–Crippen LogP) is 6.56. The lowest BCUT2D eigenvalue weighted by molar-refractivity contribution is -0.141. The van der Waals surface area contributed by atoms with E-state index in [4.69, 9.17) is 27.9 Å². The molecular formula is C30H34Cl2N2O3. The Balaban J connectivity index is 1.82. The van der Waals surface area contributed by atoms with Gasteiger partial charge in [0.15, 0.2) is 0 Å². The number of carbonyl (C=O) groups excluding carboxylic acids is 2. The minimum absolute atomic E-state index is 0.136. The first-order valence-electron chi connectivity index (χ1n) is 12.6. The average Bonchev–Trinajstić information content (AvgIpc) is 2.89. The summed E-state index contributed by atoms with van der Waals surface area (Å²) in [5.41, 5.74) is 1.70. The van der Waals surface area contributed by atoms with E-state index in [1.165, 1.54) is 0 Å². The highest BCUT2D eigenvalue weighted by molar-refractivity contribution is 6.35. The van der Waals surface area contributed by atoms with Crippen molar-refractivity contribution in [2.45, 2.75) is 45.7 Å². The summed E-state index contributed by atoms with van der Waals surface area (Å²) in [5, 5.41) is 4.00. The molecule has 7 heteroatoms. The molecule has 196 valence electrons. The van der Waals surface area contributed by atoms with Gasteiger partial charge in [-0.1, -0.05) is 91.6 Å². The average molecular weight is 542 g/mol. The minimum Gasteiger partial charge on any atom is -0.494 e. The number of halogens is 2. The number of ether oxygens (including phenoxy) is 1. The Morgan fingerprint density at radius 2 is 1.62 bits per heavy atom. The van der Waals surface area contributed by atoms with Crippen LogP contribution in [0.2, 0.25) is 10.0 Å². The number of carbonyl (C=O) groups is 2. The first-order chi connectivity index (χ1) is 17.8. The van der Waals surface area contributed by atoms with Crippen molar-refractivity contribution in [2.75, 3.05) is 13.2 Å². The molecule has 0 saturated heterocycles. The van der Waals surface area contributed by atoms with Crippen LogP contribution >= 0.6 is 23.2 Å². The van der Waals surface area contributed by atoms with Gasteiger partial charge in [-0.3, -0.25) is 9.59 Å². The van der Waals surface area contributed by atoms with Gasteiger partial charge in [0.25, 0.3) is 0 Å². The Hall–Kier alpha value is -3.02. The maximum atomic E-state index is 13.6. The van der Waals surface area contributed by atoms with Gasteiger partial charge in [0.1, 0.15) is 11.8 Å². The molecule has 0 radical (unpaired) electrons. The fourth-order valence-corrected chi connectivity index (χ4v) is 4.35. The molecule has 1 N–H and O–H groups in total. The zero-order valence-electron chi connectivity index (χ0n) is 21.3. The molecule has 3 aromatic carbocycles. The van der Waals surface area contributed by atoms with Crippen LogP contribution in [0.1, 0.15) is 37.8 Å². The van der Waals surface area contributed by atoms with Crippen molar-refractivity contribution in [3.05, 3.63) is 100 Å². The molecule has 0 aliphatic carbocycles. The Morgan fingerprint density at radius 1 is 0.946 bits per heavy atom. The molecule has 0 fully saturated rings. The Bertz CT molecular complexity index is 1140. The summed E-state index contributed by atoms with van der Waals surface area (Å²) >= 11 is 12.6. The van der Waals surface area contributed by atoms with Crippen LogP contribution in [-0.4, -0.2) is 35.9 Å². The van der Waals surface area contributed by atoms with Crippen LogP contribution in [0.5, 0.6) is 5.75 Å². The smallest absolute Gasteiger partial charge is 0.243 e. The number of nitrogens with zero attached hydrogens (tertiary/aromatic N) is 1. The van der Waals surface area contributed by atoms with Gasteiger partial charge in [0.05, 0.1) is 6.61 Å². The summed E-state index contributed by atoms with van der Waals surface area (Å²) < 4.78 is 5.77. The molecule has 0 heterocycles. The SMILES string of the molecule is CC(C)CNC(=O)[C@@H](Cc1ccccc1)N(Cc1ccc(Cl)cc1Cl)C(=O)CCCOc1ccccc1. The molecule has 0 aliphatic rings. The number of para-hydroxylation sites is 1. The van der Waals surface area contributed by atoms with E-state index in [0.29, 0.717) is 36.0 Å². The number of hydrogen-bond acceptors (Lipinski definition) is 3. The summed E-state index contributed by atoms with van der Waals surface area (Å²) in [7, 11) is 0. The third kappa shape index (κ3) is 9.42. The molecule has 3 aromatic rings. The normalized spacial score (nSPS) is 11.7. The van der Waals surface area contributed by atoms with Gasteiger partial charge in [-0.05, 0) is 47.7 Å². The van der Waals surface area contributed by atoms with Gasteiger partial charge < -0.3 is 15.0 Å². The van der Waals surface area contributed by atoms with Crippen molar-refractivity contribution in [2.24, 2.45) is 5.92 Å². The Morgan fingerprint density at radius 3 is 2.27 bits per heavy atom. The molecule has 0 aromatic heterocycles. The standard InChI is InChI=1S/C30H34Cl2N2O3/c1-22(2)20-33-30(36)28(18-23-10-5-3-6-11-23)34(21-24-15-16-25(31)19-27(24)32)29(35)14-9-17-37-26-12-7-4-8-13-26/h3-8,10-13,15-16,19,22,28H,9,14,17-18,20-21H2,1-2H3,(H,33,36)/t28-/m1/s1. The van der Waals surface area contributed by atoms with Gasteiger partial charge in [0.2, 0.25) is 11.8 Å². The second-order valence-corrected chi connectivity index (χ2v) is 10.2. The fraction of sp³-hybridized carbons (Fsp3) is 0.333. The lowest BCUT2D eigenvalue weighted by Gasteiger charge is -2.32. The monoisotopic (exact) mass is 540 g/mol. The third-order valence-corrected chi connectivity index (χ3v) is 6.45. The van der Waals surface area contributed by atoms with Gasteiger partial charge in [0, 0.05) is 36.0 Å². The van der Waals surface area contributed by atoms with Crippen LogP contribution in [0.4, 0.5) is 0 Å². The van der Waals surface area contributed by atoms with E-state index in [2.05, 4.69) is 5.32 Å². The fourth-order valence-electron chi connectivity index (χ4n) is 3.88. The zero-order valence-corrected chi connectivity index (χ0v) is 22.8. The number of nitrogens with one attached hydrogen (secondary N) is 1. The highest BCUT2D eigenvalue weighted by atomic mass is 35.5. The third-order valence-electron chi connectivity index (χ3n) is 5.86. The molecular weight excluding hydrogens is 507 g/mol. The number of hydrogen-bond donors (Lipinski definition) is 1. The lowest BCUT2D eigenvalue weighted by Crippen LogP contribution is -2.51. The van der Waals surface area contributed by atoms with Crippen LogP contribution in [0.25, 0.3) is 0 Å². The van der Waals surface area contributed by atoms with E-state index in [9.17, 15) is 9.59 Å². The van der Waals surface area contributed by atoms with E-state index in [1.54, 1.807) is 23.1 Å². The first-order valence-corrected chi connectivity index (χ1v) is 13.3. The van der Waals surface area contributed by atoms with Crippen LogP contribution in [0.15, 0.2) is 78.9 Å². The van der Waals surface area contributed by atoms with Crippen molar-refractivity contribution in [3.63, 3.8) is 0 Å². The zero-order chi connectivity index (χ0) is 26.6.